The lowest BCUT2D eigenvalue weighted by molar-refractivity contribution is -0.128. The van der Waals surface area contributed by atoms with E-state index in [0.29, 0.717) is 17.0 Å². The molecule has 1 saturated heterocycles. The van der Waals surface area contributed by atoms with Crippen molar-refractivity contribution in [2.24, 2.45) is 10.9 Å². The van der Waals surface area contributed by atoms with Crippen LogP contribution in [0.2, 0.25) is 0 Å². The predicted octanol–water partition coefficient (Wildman–Crippen LogP) is 3.12. The monoisotopic (exact) mass is 367 g/mol. The SMILES string of the molecule is CC1=NC(=O)C(C(=O)Nc2ccc(C(=O)N3CCCCC3C)cc2C)C=C1. The standard InChI is InChI=1S/C21H25N3O3/c1-13-12-16(21(27)24-11-5-4-6-15(24)3)8-10-18(13)23-20(26)17-9-7-14(2)22-19(17)25/h7-10,12,15,17H,4-6,11H2,1-3H3,(H,23,26). The number of anilines is 1. The molecule has 1 N–H and O–H groups in total. The first-order chi connectivity index (χ1) is 12.9. The number of dihydropyridines is 1. The fraction of sp³-hybridized carbons (Fsp3) is 0.429. The summed E-state index contributed by atoms with van der Waals surface area (Å²) in [6.07, 6.45) is 6.45. The van der Waals surface area contributed by atoms with Crippen molar-refractivity contribution >= 4 is 29.1 Å². The van der Waals surface area contributed by atoms with E-state index in [1.165, 1.54) is 0 Å². The van der Waals surface area contributed by atoms with Crippen LogP contribution in [0.25, 0.3) is 0 Å². The molecule has 0 radical (unpaired) electrons. The molecule has 1 aromatic carbocycles. The summed E-state index contributed by atoms with van der Waals surface area (Å²) in [4.78, 5) is 42.9. The van der Waals surface area contributed by atoms with Crippen LogP contribution in [0.4, 0.5) is 5.69 Å². The van der Waals surface area contributed by atoms with Gasteiger partial charge in [-0.2, -0.15) is 0 Å². The van der Waals surface area contributed by atoms with E-state index in [2.05, 4.69) is 17.2 Å². The van der Waals surface area contributed by atoms with Gasteiger partial charge in [-0.25, -0.2) is 4.99 Å². The molecule has 0 aliphatic carbocycles. The van der Waals surface area contributed by atoms with Crippen LogP contribution in [0.5, 0.6) is 0 Å². The molecule has 0 bridgehead atoms. The minimum Gasteiger partial charge on any atom is -0.336 e. The van der Waals surface area contributed by atoms with Gasteiger partial charge in [-0.05, 0) is 69.9 Å². The number of hydrogen-bond donors (Lipinski definition) is 1. The number of hydrogen-bond acceptors (Lipinski definition) is 3. The van der Waals surface area contributed by atoms with Gasteiger partial charge in [0.2, 0.25) is 5.91 Å². The highest BCUT2D eigenvalue weighted by molar-refractivity contribution is 6.15. The molecule has 2 unspecified atom stereocenters. The highest BCUT2D eigenvalue weighted by atomic mass is 16.2. The average molecular weight is 367 g/mol. The van der Waals surface area contributed by atoms with Gasteiger partial charge in [0.25, 0.3) is 11.8 Å². The van der Waals surface area contributed by atoms with Crippen molar-refractivity contribution in [2.75, 3.05) is 11.9 Å². The molecule has 2 atom stereocenters. The summed E-state index contributed by atoms with van der Waals surface area (Å²) in [6, 6.07) is 5.49. The van der Waals surface area contributed by atoms with E-state index < -0.39 is 17.7 Å². The Kier molecular flexibility index (Phi) is 5.54. The highest BCUT2D eigenvalue weighted by Gasteiger charge is 2.27. The van der Waals surface area contributed by atoms with Crippen molar-refractivity contribution in [1.29, 1.82) is 0 Å². The summed E-state index contributed by atoms with van der Waals surface area (Å²) in [7, 11) is 0. The van der Waals surface area contributed by atoms with Crippen molar-refractivity contribution in [2.45, 2.75) is 46.1 Å². The van der Waals surface area contributed by atoms with E-state index in [1.54, 1.807) is 37.3 Å². The number of piperidine rings is 1. The second kappa shape index (κ2) is 7.86. The topological polar surface area (TPSA) is 78.8 Å². The fourth-order valence-corrected chi connectivity index (χ4v) is 3.51. The lowest BCUT2D eigenvalue weighted by atomic mass is 10.0. The van der Waals surface area contributed by atoms with Crippen LogP contribution in [-0.2, 0) is 9.59 Å². The molecule has 3 amide bonds. The molecular formula is C21H25N3O3. The Hall–Kier alpha value is -2.76. The molecule has 1 fully saturated rings. The Morgan fingerprint density at radius 1 is 1.22 bits per heavy atom. The average Bonchev–Trinajstić information content (AvgIpc) is 2.63. The van der Waals surface area contributed by atoms with Crippen molar-refractivity contribution < 1.29 is 14.4 Å². The summed E-state index contributed by atoms with van der Waals surface area (Å²) >= 11 is 0. The van der Waals surface area contributed by atoms with E-state index in [0.717, 1.165) is 31.4 Å². The van der Waals surface area contributed by atoms with Crippen molar-refractivity contribution in [3.63, 3.8) is 0 Å². The second-order valence-electron chi connectivity index (χ2n) is 7.29. The number of rotatable bonds is 3. The predicted molar refractivity (Wildman–Crippen MR) is 105 cm³/mol. The van der Waals surface area contributed by atoms with Crippen LogP contribution in [0.1, 0.15) is 49.0 Å². The highest BCUT2D eigenvalue weighted by Crippen LogP contribution is 2.23. The Labute approximate surface area is 159 Å². The zero-order valence-electron chi connectivity index (χ0n) is 16.0. The van der Waals surface area contributed by atoms with Crippen LogP contribution in [-0.4, -0.2) is 40.9 Å². The smallest absolute Gasteiger partial charge is 0.262 e. The zero-order valence-corrected chi connectivity index (χ0v) is 16.0. The Bertz CT molecular complexity index is 841. The van der Waals surface area contributed by atoms with E-state index >= 15 is 0 Å². The number of nitrogens with zero attached hydrogens (tertiary/aromatic N) is 2. The van der Waals surface area contributed by atoms with Gasteiger partial charge in [-0.1, -0.05) is 6.08 Å². The van der Waals surface area contributed by atoms with Crippen molar-refractivity contribution in [3.05, 3.63) is 41.5 Å². The molecule has 6 nitrogen and oxygen atoms in total. The third-order valence-electron chi connectivity index (χ3n) is 5.16. The molecule has 2 aliphatic rings. The quantitative estimate of drug-likeness (QED) is 0.834. The fourth-order valence-electron chi connectivity index (χ4n) is 3.51. The first-order valence-electron chi connectivity index (χ1n) is 9.36. The Morgan fingerprint density at radius 2 is 2.00 bits per heavy atom. The Morgan fingerprint density at radius 3 is 2.67 bits per heavy atom. The van der Waals surface area contributed by atoms with Gasteiger partial charge in [-0.15, -0.1) is 0 Å². The van der Waals surface area contributed by atoms with Crippen molar-refractivity contribution in [3.8, 4) is 0 Å². The molecule has 142 valence electrons. The lowest BCUT2D eigenvalue weighted by Crippen LogP contribution is -2.42. The number of allylic oxidation sites excluding steroid dienone is 1. The molecule has 2 aliphatic heterocycles. The summed E-state index contributed by atoms with van der Waals surface area (Å²) in [6.45, 7) is 6.42. The number of amides is 3. The first kappa shape index (κ1) is 19.0. The van der Waals surface area contributed by atoms with Crippen LogP contribution in [0, 0.1) is 12.8 Å². The van der Waals surface area contributed by atoms with E-state index in [9.17, 15) is 14.4 Å². The summed E-state index contributed by atoms with van der Waals surface area (Å²) in [5.74, 6) is -1.77. The third-order valence-corrected chi connectivity index (χ3v) is 5.16. The molecule has 3 rings (SSSR count). The van der Waals surface area contributed by atoms with E-state index in [-0.39, 0.29) is 11.9 Å². The molecule has 6 heteroatoms. The number of likely N-dealkylation sites (tertiary alicyclic amines) is 1. The number of carbonyl (C=O) groups excluding carboxylic acids is 3. The number of aliphatic imine (C=N–C) groups is 1. The van der Waals surface area contributed by atoms with Crippen LogP contribution in [0.3, 0.4) is 0 Å². The molecule has 2 heterocycles. The summed E-state index contributed by atoms with van der Waals surface area (Å²) < 4.78 is 0. The summed E-state index contributed by atoms with van der Waals surface area (Å²) in [5.41, 5.74) is 2.59. The van der Waals surface area contributed by atoms with Gasteiger partial charge >= 0.3 is 0 Å². The van der Waals surface area contributed by atoms with Gasteiger partial charge in [0.1, 0.15) is 5.92 Å². The minimum absolute atomic E-state index is 0.0263. The van der Waals surface area contributed by atoms with Gasteiger partial charge in [0.05, 0.1) is 0 Å². The molecule has 0 saturated carbocycles. The minimum atomic E-state index is -0.913. The van der Waals surface area contributed by atoms with Gasteiger partial charge in [-0.3, -0.25) is 14.4 Å². The largest absolute Gasteiger partial charge is 0.336 e. The van der Waals surface area contributed by atoms with Gasteiger partial charge in [0.15, 0.2) is 0 Å². The maximum absolute atomic E-state index is 12.8. The normalized spacial score (nSPS) is 22.4. The van der Waals surface area contributed by atoms with Gasteiger partial charge in [0, 0.05) is 29.5 Å². The molecule has 27 heavy (non-hydrogen) atoms. The van der Waals surface area contributed by atoms with E-state index in [1.807, 2.05) is 11.8 Å². The maximum atomic E-state index is 12.8. The number of carbonyl (C=O) groups is 3. The van der Waals surface area contributed by atoms with Crippen molar-refractivity contribution in [1.82, 2.24) is 4.90 Å². The number of nitrogens with one attached hydrogen (secondary N) is 1. The lowest BCUT2D eigenvalue weighted by Gasteiger charge is -2.33. The van der Waals surface area contributed by atoms with Crippen LogP contribution in [0.15, 0.2) is 35.3 Å². The molecular weight excluding hydrogens is 342 g/mol. The van der Waals surface area contributed by atoms with Crippen LogP contribution < -0.4 is 5.32 Å². The molecule has 1 aromatic rings. The zero-order chi connectivity index (χ0) is 19.6. The second-order valence-corrected chi connectivity index (χ2v) is 7.29. The number of aryl methyl sites for hydroxylation is 1. The summed E-state index contributed by atoms with van der Waals surface area (Å²) in [5, 5.41) is 2.77. The Balaban J connectivity index is 1.71. The van der Waals surface area contributed by atoms with E-state index in [4.69, 9.17) is 0 Å². The molecule has 0 spiro atoms. The molecule has 0 aromatic heterocycles. The third kappa shape index (κ3) is 4.15. The number of benzene rings is 1. The van der Waals surface area contributed by atoms with Gasteiger partial charge < -0.3 is 10.2 Å². The first-order valence-corrected chi connectivity index (χ1v) is 9.36. The van der Waals surface area contributed by atoms with Crippen LogP contribution >= 0.6 is 0 Å². The maximum Gasteiger partial charge on any atom is 0.262 e.